The molecule has 21 atom stereocenters. The zero-order valence-electron chi connectivity index (χ0n) is 39.2. The quantitative estimate of drug-likeness (QED) is 0.105. The average molecular weight is 911 g/mol. The Balaban J connectivity index is 1.14. The first-order valence-electron chi connectivity index (χ1n) is 23.5. The molecule has 3 saturated heterocycles. The van der Waals surface area contributed by atoms with E-state index in [0.717, 1.165) is 25.7 Å². The highest BCUT2D eigenvalue weighted by Crippen LogP contribution is 2.89. The van der Waals surface area contributed by atoms with E-state index in [0.29, 0.717) is 32.1 Å². The van der Waals surface area contributed by atoms with Gasteiger partial charge in [0.15, 0.2) is 30.9 Å². The van der Waals surface area contributed by atoms with Crippen LogP contribution in [0, 0.1) is 44.8 Å². The lowest BCUT2D eigenvalue weighted by molar-refractivity contribution is -0.339. The summed E-state index contributed by atoms with van der Waals surface area (Å²) in [6.45, 7) is 17.3. The van der Waals surface area contributed by atoms with Crippen molar-refractivity contribution in [2.75, 3.05) is 13.2 Å². The molecular weight excluding hydrogens is 837 g/mol. The zero-order chi connectivity index (χ0) is 46.9. The maximum atomic E-state index is 12.6. The predicted octanol–water partition coefficient (Wildman–Crippen LogP) is 2.44. The maximum absolute atomic E-state index is 12.6. The molecule has 5 aliphatic carbocycles. The lowest BCUT2D eigenvalue weighted by Gasteiger charge is -2.65. The first-order chi connectivity index (χ1) is 29.7. The average Bonchev–Trinajstić information content (AvgIpc) is 3.55. The van der Waals surface area contributed by atoms with Gasteiger partial charge in [0.05, 0.1) is 48.8 Å². The molecule has 3 aliphatic heterocycles. The number of hydrogen-bond donors (Lipinski definition) is 6. The fraction of sp³-hybridized carbons (Fsp3) is 0.936. The van der Waals surface area contributed by atoms with Gasteiger partial charge in [-0.15, -0.1) is 0 Å². The number of aliphatic hydroxyl groups is 6. The van der Waals surface area contributed by atoms with E-state index in [2.05, 4.69) is 34.6 Å². The molecule has 0 amide bonds. The number of carbonyl (C=O) groups excluding carboxylic acids is 3. The van der Waals surface area contributed by atoms with E-state index in [-0.39, 0.29) is 46.7 Å². The number of carbonyl (C=O) groups is 3. The van der Waals surface area contributed by atoms with Crippen LogP contribution in [-0.2, 0) is 52.3 Å². The smallest absolute Gasteiger partial charge is 0.303 e. The molecule has 64 heavy (non-hydrogen) atoms. The molecule has 0 bridgehead atoms. The zero-order valence-corrected chi connectivity index (χ0v) is 39.2. The summed E-state index contributed by atoms with van der Waals surface area (Å²) < 4.78 is 49.7. The molecule has 0 aromatic rings. The monoisotopic (exact) mass is 910 g/mol. The molecule has 0 radical (unpaired) electrons. The summed E-state index contributed by atoms with van der Waals surface area (Å²) in [5.41, 5.74) is -3.59. The Hall–Kier alpha value is -2.03. The summed E-state index contributed by atoms with van der Waals surface area (Å²) in [5, 5.41) is 66.5. The molecule has 5 saturated carbocycles. The fourth-order valence-electron chi connectivity index (χ4n) is 15.8. The molecule has 8 aliphatic rings. The Morgan fingerprint density at radius 3 is 1.98 bits per heavy atom. The van der Waals surface area contributed by atoms with Crippen molar-refractivity contribution in [2.24, 2.45) is 44.8 Å². The normalized spacial score (nSPS) is 51.8. The van der Waals surface area contributed by atoms with E-state index in [1.165, 1.54) is 20.8 Å². The molecule has 17 nitrogen and oxygen atoms in total. The van der Waals surface area contributed by atoms with Gasteiger partial charge in [-0.1, -0.05) is 27.7 Å². The minimum absolute atomic E-state index is 0.0469. The number of hydrogen-bond acceptors (Lipinski definition) is 17. The highest BCUT2D eigenvalue weighted by molar-refractivity contribution is 5.68. The van der Waals surface area contributed by atoms with Gasteiger partial charge in [-0.05, 0) is 117 Å². The van der Waals surface area contributed by atoms with Crippen LogP contribution in [-0.4, -0.2) is 153 Å². The van der Waals surface area contributed by atoms with Crippen molar-refractivity contribution in [1.29, 1.82) is 0 Å². The summed E-state index contributed by atoms with van der Waals surface area (Å²) in [6.07, 6.45) is -7.96. The first-order valence-corrected chi connectivity index (χ1v) is 23.5. The molecule has 364 valence electrons. The van der Waals surface area contributed by atoms with Crippen LogP contribution in [0.5, 0.6) is 0 Å². The summed E-state index contributed by atoms with van der Waals surface area (Å²) in [4.78, 5) is 37.0. The van der Waals surface area contributed by atoms with Crippen LogP contribution in [0.3, 0.4) is 0 Å². The molecule has 17 heteroatoms. The second-order valence-corrected chi connectivity index (χ2v) is 22.8. The van der Waals surface area contributed by atoms with Gasteiger partial charge in [0.2, 0.25) is 0 Å². The summed E-state index contributed by atoms with van der Waals surface area (Å²) in [6, 6.07) is 0. The van der Waals surface area contributed by atoms with E-state index in [1.807, 2.05) is 0 Å². The van der Waals surface area contributed by atoms with Gasteiger partial charge in [0.1, 0.15) is 24.4 Å². The van der Waals surface area contributed by atoms with Crippen molar-refractivity contribution >= 4 is 17.9 Å². The van der Waals surface area contributed by atoms with Crippen LogP contribution in [0.1, 0.15) is 127 Å². The van der Waals surface area contributed by atoms with Crippen molar-refractivity contribution in [3.8, 4) is 0 Å². The first kappa shape index (κ1) is 48.4. The molecular formula is C47H74O17. The maximum Gasteiger partial charge on any atom is 0.303 e. The largest absolute Gasteiger partial charge is 0.456 e. The van der Waals surface area contributed by atoms with Crippen LogP contribution in [0.2, 0.25) is 0 Å². The lowest BCUT2D eigenvalue weighted by atomic mass is 9.41. The van der Waals surface area contributed by atoms with Gasteiger partial charge in [0.25, 0.3) is 0 Å². The highest BCUT2D eigenvalue weighted by Gasteiger charge is 2.85. The second kappa shape index (κ2) is 16.3. The number of rotatable bonds is 10. The van der Waals surface area contributed by atoms with Crippen molar-refractivity contribution < 1.29 is 82.9 Å². The van der Waals surface area contributed by atoms with E-state index in [4.69, 9.17) is 37.9 Å². The SMILES string of the molecule is CC(=O)O[C@@H]1[C@@H](OC(C)=O)[C@H](O[C@H]2CC[C@]34C[C@]35CC[C@]3(C)[C@@H]([C@@]6(C)CC[C@@H](C(C)(C)O)O6)[C@@H](O)C[C@@]3(C)[C@@H]5C[C@H](O[C@@H]3O[C@H](CO)[C@@H](O)[C@H](O)[C@H]3O)[C@@H]4C2(C)C)OC[C@H]1OC(C)=O. The Morgan fingerprint density at radius 1 is 0.719 bits per heavy atom. The molecule has 2 spiro atoms. The van der Waals surface area contributed by atoms with Crippen molar-refractivity contribution in [3.63, 3.8) is 0 Å². The predicted molar refractivity (Wildman–Crippen MR) is 222 cm³/mol. The third-order valence-electron chi connectivity index (χ3n) is 18.5. The molecule has 0 aromatic heterocycles. The summed E-state index contributed by atoms with van der Waals surface area (Å²) in [7, 11) is 0. The second-order valence-electron chi connectivity index (χ2n) is 22.8. The molecule has 6 N–H and O–H groups in total. The van der Waals surface area contributed by atoms with E-state index < -0.39 is 120 Å². The van der Waals surface area contributed by atoms with E-state index in [1.54, 1.807) is 13.8 Å². The third-order valence-corrected chi connectivity index (χ3v) is 18.5. The van der Waals surface area contributed by atoms with Crippen LogP contribution < -0.4 is 0 Å². The molecule has 0 unspecified atom stereocenters. The van der Waals surface area contributed by atoms with E-state index in [9.17, 15) is 45.0 Å². The third kappa shape index (κ3) is 7.39. The van der Waals surface area contributed by atoms with Gasteiger partial charge in [-0.3, -0.25) is 14.4 Å². The van der Waals surface area contributed by atoms with Crippen LogP contribution >= 0.6 is 0 Å². The molecule has 0 aromatic carbocycles. The Kier molecular flexibility index (Phi) is 12.3. The van der Waals surface area contributed by atoms with Crippen molar-refractivity contribution in [2.45, 2.75) is 218 Å². The fourth-order valence-corrected chi connectivity index (χ4v) is 15.8. The van der Waals surface area contributed by atoms with Crippen LogP contribution in [0.25, 0.3) is 0 Å². The standard InChI is InChI=1S/C47H74O17/c1-22(49)58-28-20-57-40(36(60-24(3)51)35(28)59-23(2)50)63-30-12-14-47-21-46(47)16-15-43(8)37(45(10)13-11-31(64-45)42(6,7)56)25(52)18-44(43,9)29(46)17-26(38(47)41(30,4)5)61-39-34(55)33(54)32(53)27(19-48)62-39/h25-40,48,52-56H,11-21H2,1-10H3/t25-,26-,27+,28+,29-,30-,31-,32+,33-,34+,35-,36+,37-,38+,39+,40-,43+,44-,45+,46-,47+/m0/s1. The van der Waals surface area contributed by atoms with Crippen LogP contribution in [0.15, 0.2) is 0 Å². The van der Waals surface area contributed by atoms with Gasteiger partial charge >= 0.3 is 17.9 Å². The Morgan fingerprint density at radius 2 is 1.38 bits per heavy atom. The summed E-state index contributed by atoms with van der Waals surface area (Å²) >= 11 is 0. The minimum Gasteiger partial charge on any atom is -0.456 e. The summed E-state index contributed by atoms with van der Waals surface area (Å²) in [5.74, 6) is -2.39. The molecule has 3 heterocycles. The Labute approximate surface area is 376 Å². The van der Waals surface area contributed by atoms with Gasteiger partial charge in [-0.25, -0.2) is 0 Å². The molecule has 8 rings (SSSR count). The van der Waals surface area contributed by atoms with Gasteiger partial charge in [-0.2, -0.15) is 0 Å². The Bertz CT molecular complexity index is 1800. The number of aliphatic hydroxyl groups excluding tert-OH is 5. The number of ether oxygens (including phenoxy) is 8. The lowest BCUT2D eigenvalue weighted by Crippen LogP contribution is -2.65. The topological polar surface area (TPSA) is 246 Å². The van der Waals surface area contributed by atoms with E-state index >= 15 is 0 Å². The minimum atomic E-state index is -1.65. The number of esters is 3. The van der Waals surface area contributed by atoms with Crippen molar-refractivity contribution in [3.05, 3.63) is 0 Å². The molecule has 8 fully saturated rings. The van der Waals surface area contributed by atoms with Crippen LogP contribution in [0.4, 0.5) is 0 Å². The number of fused-ring (bicyclic) bond motifs is 2. The van der Waals surface area contributed by atoms with Gasteiger partial charge < -0.3 is 68.5 Å². The van der Waals surface area contributed by atoms with Crippen molar-refractivity contribution in [1.82, 2.24) is 0 Å². The van der Waals surface area contributed by atoms with Gasteiger partial charge in [0, 0.05) is 26.7 Å². The highest BCUT2D eigenvalue weighted by atomic mass is 16.7.